The van der Waals surface area contributed by atoms with Gasteiger partial charge in [-0.15, -0.1) is 0 Å². The summed E-state index contributed by atoms with van der Waals surface area (Å²) in [5.41, 5.74) is 0. The fraction of sp³-hybridized carbons (Fsp3) is 0.769. The lowest BCUT2D eigenvalue weighted by Gasteiger charge is -2.24. The Morgan fingerprint density at radius 3 is 2.75 bits per heavy atom. The second kappa shape index (κ2) is 6.04. The molecule has 2 N–H and O–H groups in total. The molecule has 1 aliphatic heterocycles. The van der Waals surface area contributed by atoms with Gasteiger partial charge in [-0.05, 0) is 51.1 Å². The van der Waals surface area contributed by atoms with Crippen LogP contribution in [0.4, 0.5) is 0 Å². The topological polar surface area (TPSA) is 41.1 Å². The summed E-state index contributed by atoms with van der Waals surface area (Å²) in [6.07, 6.45) is 10.0. The highest BCUT2D eigenvalue weighted by Crippen LogP contribution is 2.17. The van der Waals surface area contributed by atoms with E-state index in [0.29, 0.717) is 5.92 Å². The molecule has 0 bridgehead atoms. The van der Waals surface area contributed by atoms with Crippen LogP contribution in [0.1, 0.15) is 32.1 Å². The molecule has 16 heavy (non-hydrogen) atoms. The zero-order valence-electron chi connectivity index (χ0n) is 9.87. The Morgan fingerprint density at radius 2 is 2.06 bits per heavy atom. The number of hydrogen-bond acceptors (Lipinski definition) is 2. The maximum Gasteiger partial charge on any atom is 0.223 e. The molecule has 0 saturated carbocycles. The molecule has 1 fully saturated rings. The van der Waals surface area contributed by atoms with Gasteiger partial charge in [0, 0.05) is 12.5 Å². The van der Waals surface area contributed by atoms with Crippen molar-refractivity contribution in [2.75, 3.05) is 19.6 Å². The number of allylic oxidation sites excluding steroid dienone is 2. The van der Waals surface area contributed by atoms with Gasteiger partial charge >= 0.3 is 0 Å². The van der Waals surface area contributed by atoms with Gasteiger partial charge in [-0.2, -0.15) is 0 Å². The summed E-state index contributed by atoms with van der Waals surface area (Å²) in [6.45, 7) is 2.85. The third-order valence-corrected chi connectivity index (χ3v) is 3.65. The average molecular weight is 222 g/mol. The van der Waals surface area contributed by atoms with E-state index < -0.39 is 0 Å². The van der Waals surface area contributed by atoms with Gasteiger partial charge in [-0.25, -0.2) is 0 Å². The number of carbonyl (C=O) groups excluding carboxylic acids is 1. The van der Waals surface area contributed by atoms with E-state index in [1.807, 2.05) is 0 Å². The van der Waals surface area contributed by atoms with E-state index in [1.165, 1.54) is 12.8 Å². The molecule has 3 heteroatoms. The Bertz CT molecular complexity index is 257. The van der Waals surface area contributed by atoms with Gasteiger partial charge in [0.1, 0.15) is 0 Å². The van der Waals surface area contributed by atoms with Crippen molar-refractivity contribution in [2.24, 2.45) is 11.8 Å². The third-order valence-electron chi connectivity index (χ3n) is 3.65. The number of carbonyl (C=O) groups is 1. The largest absolute Gasteiger partial charge is 0.356 e. The predicted molar refractivity (Wildman–Crippen MR) is 65.1 cm³/mol. The Kier molecular flexibility index (Phi) is 4.40. The Hall–Kier alpha value is -0.830. The van der Waals surface area contributed by atoms with Gasteiger partial charge in [-0.1, -0.05) is 12.2 Å². The lowest BCUT2D eigenvalue weighted by Crippen LogP contribution is -2.39. The van der Waals surface area contributed by atoms with E-state index in [2.05, 4.69) is 22.8 Å². The molecule has 1 saturated heterocycles. The van der Waals surface area contributed by atoms with Crippen LogP contribution >= 0.6 is 0 Å². The summed E-state index contributed by atoms with van der Waals surface area (Å²) < 4.78 is 0. The summed E-state index contributed by atoms with van der Waals surface area (Å²) in [5.74, 6) is 1.19. The number of piperidine rings is 1. The van der Waals surface area contributed by atoms with E-state index >= 15 is 0 Å². The standard InChI is InChI=1S/C13H22N2O/c16-13(12-6-8-14-9-7-12)15-10-11-4-2-1-3-5-11/h1-2,11-12,14H,3-10H2,(H,15,16). The van der Waals surface area contributed by atoms with Crippen LogP contribution in [0.5, 0.6) is 0 Å². The zero-order valence-corrected chi connectivity index (χ0v) is 9.87. The van der Waals surface area contributed by atoms with E-state index in [1.54, 1.807) is 0 Å². The van der Waals surface area contributed by atoms with Crippen LogP contribution in [-0.2, 0) is 4.79 Å². The zero-order chi connectivity index (χ0) is 11.2. The number of amides is 1. The fourth-order valence-electron chi connectivity index (χ4n) is 2.52. The molecule has 0 radical (unpaired) electrons. The van der Waals surface area contributed by atoms with Crippen LogP contribution in [0.25, 0.3) is 0 Å². The second-order valence-electron chi connectivity index (χ2n) is 4.92. The Balaban J connectivity index is 1.68. The van der Waals surface area contributed by atoms with Crippen molar-refractivity contribution >= 4 is 5.91 Å². The van der Waals surface area contributed by atoms with Crippen LogP contribution in [0.15, 0.2) is 12.2 Å². The van der Waals surface area contributed by atoms with Crippen molar-refractivity contribution < 1.29 is 4.79 Å². The van der Waals surface area contributed by atoms with Crippen molar-refractivity contribution in [3.8, 4) is 0 Å². The van der Waals surface area contributed by atoms with Crippen LogP contribution in [-0.4, -0.2) is 25.5 Å². The minimum absolute atomic E-state index is 0.250. The molecule has 2 aliphatic rings. The Labute approximate surface area is 97.7 Å². The van der Waals surface area contributed by atoms with Gasteiger partial charge in [0.2, 0.25) is 5.91 Å². The van der Waals surface area contributed by atoms with E-state index in [-0.39, 0.29) is 11.8 Å². The first kappa shape index (κ1) is 11.6. The van der Waals surface area contributed by atoms with Crippen LogP contribution in [0.3, 0.4) is 0 Å². The number of rotatable bonds is 3. The van der Waals surface area contributed by atoms with Crippen molar-refractivity contribution in [3.05, 3.63) is 12.2 Å². The molecule has 1 heterocycles. The minimum Gasteiger partial charge on any atom is -0.356 e. The molecule has 1 atom stereocenters. The molecular weight excluding hydrogens is 200 g/mol. The van der Waals surface area contributed by atoms with Crippen molar-refractivity contribution in [2.45, 2.75) is 32.1 Å². The molecular formula is C13H22N2O. The fourth-order valence-corrected chi connectivity index (χ4v) is 2.52. The molecule has 1 aliphatic carbocycles. The average Bonchev–Trinajstić information content (AvgIpc) is 2.38. The third kappa shape index (κ3) is 3.34. The lowest BCUT2D eigenvalue weighted by molar-refractivity contribution is -0.125. The first-order valence-electron chi connectivity index (χ1n) is 6.49. The predicted octanol–water partition coefficient (Wildman–Crippen LogP) is 1.46. The molecule has 0 spiro atoms. The molecule has 0 aromatic rings. The summed E-state index contributed by atoms with van der Waals surface area (Å²) in [4.78, 5) is 11.9. The summed E-state index contributed by atoms with van der Waals surface area (Å²) in [7, 11) is 0. The highest BCUT2D eigenvalue weighted by Gasteiger charge is 2.21. The molecule has 2 rings (SSSR count). The van der Waals surface area contributed by atoms with E-state index in [0.717, 1.165) is 38.9 Å². The van der Waals surface area contributed by atoms with Crippen molar-refractivity contribution in [1.82, 2.24) is 10.6 Å². The SMILES string of the molecule is O=C(NCC1CC=CCC1)C1CCNCC1. The highest BCUT2D eigenvalue weighted by atomic mass is 16.1. The quantitative estimate of drug-likeness (QED) is 0.710. The minimum atomic E-state index is 0.250. The van der Waals surface area contributed by atoms with Gasteiger partial charge in [0.05, 0.1) is 0 Å². The molecule has 0 aromatic carbocycles. The monoisotopic (exact) mass is 222 g/mol. The second-order valence-corrected chi connectivity index (χ2v) is 4.92. The van der Waals surface area contributed by atoms with E-state index in [9.17, 15) is 4.79 Å². The maximum absolute atomic E-state index is 11.9. The van der Waals surface area contributed by atoms with Gasteiger partial charge in [0.15, 0.2) is 0 Å². The van der Waals surface area contributed by atoms with Gasteiger partial charge in [-0.3, -0.25) is 4.79 Å². The molecule has 1 unspecified atom stereocenters. The summed E-state index contributed by atoms with van der Waals surface area (Å²) in [5, 5.41) is 6.41. The molecule has 3 nitrogen and oxygen atoms in total. The van der Waals surface area contributed by atoms with Crippen molar-refractivity contribution in [1.29, 1.82) is 0 Å². The van der Waals surface area contributed by atoms with Gasteiger partial charge < -0.3 is 10.6 Å². The van der Waals surface area contributed by atoms with Crippen LogP contribution in [0.2, 0.25) is 0 Å². The first-order chi connectivity index (χ1) is 7.86. The molecule has 1 amide bonds. The molecule has 0 aromatic heterocycles. The molecule has 90 valence electrons. The van der Waals surface area contributed by atoms with Crippen molar-refractivity contribution in [3.63, 3.8) is 0 Å². The Morgan fingerprint density at radius 1 is 1.25 bits per heavy atom. The highest BCUT2D eigenvalue weighted by molar-refractivity contribution is 5.78. The van der Waals surface area contributed by atoms with Crippen LogP contribution < -0.4 is 10.6 Å². The van der Waals surface area contributed by atoms with E-state index in [4.69, 9.17) is 0 Å². The number of hydrogen-bond donors (Lipinski definition) is 2. The summed E-state index contributed by atoms with van der Waals surface area (Å²) >= 11 is 0. The lowest BCUT2D eigenvalue weighted by atomic mass is 9.93. The smallest absolute Gasteiger partial charge is 0.223 e. The maximum atomic E-state index is 11.9. The first-order valence-corrected chi connectivity index (χ1v) is 6.49. The summed E-state index contributed by atoms with van der Waals surface area (Å²) in [6, 6.07) is 0. The van der Waals surface area contributed by atoms with Crippen LogP contribution in [0, 0.1) is 11.8 Å². The number of nitrogens with one attached hydrogen (secondary N) is 2. The normalized spacial score (nSPS) is 26.6. The van der Waals surface area contributed by atoms with Gasteiger partial charge in [0.25, 0.3) is 0 Å².